The number of aromatic nitrogens is 3. The van der Waals surface area contributed by atoms with Gasteiger partial charge in [0, 0.05) is 29.4 Å². The Morgan fingerprint density at radius 2 is 2.06 bits per heavy atom. The zero-order chi connectivity index (χ0) is 11.9. The molecule has 3 heterocycles. The van der Waals surface area contributed by atoms with Gasteiger partial charge in [0.15, 0.2) is 11.5 Å². The zero-order valence-corrected chi connectivity index (χ0v) is 9.38. The Hall–Kier alpha value is -2.56. The summed E-state index contributed by atoms with van der Waals surface area (Å²) in [5.41, 5.74) is 2.92. The van der Waals surface area contributed by atoms with E-state index in [4.69, 9.17) is 9.47 Å². The molecule has 0 aliphatic carbocycles. The minimum absolute atomic E-state index is 0.283. The van der Waals surface area contributed by atoms with Crippen molar-refractivity contribution in [2.45, 2.75) is 0 Å². The number of hydrogen-bond donors (Lipinski definition) is 1. The number of benzene rings is 1. The highest BCUT2D eigenvalue weighted by atomic mass is 16.7. The summed E-state index contributed by atoms with van der Waals surface area (Å²) < 4.78 is 10.8. The van der Waals surface area contributed by atoms with Crippen molar-refractivity contribution in [2.75, 3.05) is 6.79 Å². The monoisotopic (exact) mass is 239 g/mol. The molecule has 0 spiro atoms. The van der Waals surface area contributed by atoms with E-state index >= 15 is 0 Å². The van der Waals surface area contributed by atoms with Gasteiger partial charge in [-0.2, -0.15) is 0 Å². The van der Waals surface area contributed by atoms with E-state index in [0.717, 1.165) is 33.7 Å². The van der Waals surface area contributed by atoms with Gasteiger partial charge >= 0.3 is 0 Å². The van der Waals surface area contributed by atoms with Gasteiger partial charge in [0.25, 0.3) is 0 Å². The molecule has 0 saturated heterocycles. The Bertz CT molecular complexity index is 722. The van der Waals surface area contributed by atoms with Crippen LogP contribution in [0.2, 0.25) is 0 Å². The lowest BCUT2D eigenvalue weighted by Crippen LogP contribution is -1.92. The standard InChI is InChI=1S/C13H9N3O2/c1-2-14-6-16-10(1)9-5-15-11-4-13-12(3-8(9)11)17-7-18-13/h1-6,15H,7H2. The summed E-state index contributed by atoms with van der Waals surface area (Å²) in [5.74, 6) is 1.55. The molecule has 0 saturated carbocycles. The van der Waals surface area contributed by atoms with Crippen molar-refractivity contribution in [1.29, 1.82) is 0 Å². The van der Waals surface area contributed by atoms with Crippen LogP contribution in [0.1, 0.15) is 0 Å². The fourth-order valence-corrected chi connectivity index (χ4v) is 2.17. The van der Waals surface area contributed by atoms with Crippen LogP contribution in [0.3, 0.4) is 0 Å². The molecule has 0 fully saturated rings. The van der Waals surface area contributed by atoms with E-state index in [-0.39, 0.29) is 6.79 Å². The molecule has 0 unspecified atom stereocenters. The van der Waals surface area contributed by atoms with Gasteiger partial charge in [0.05, 0.1) is 11.2 Å². The van der Waals surface area contributed by atoms with Crippen molar-refractivity contribution in [3.8, 4) is 22.8 Å². The molecular weight excluding hydrogens is 230 g/mol. The molecule has 0 atom stereocenters. The summed E-state index contributed by atoms with van der Waals surface area (Å²) in [4.78, 5) is 11.4. The predicted molar refractivity (Wildman–Crippen MR) is 65.4 cm³/mol. The molecule has 88 valence electrons. The van der Waals surface area contributed by atoms with Crippen LogP contribution in [0.5, 0.6) is 11.5 Å². The van der Waals surface area contributed by atoms with Crippen LogP contribution in [0.4, 0.5) is 0 Å². The third-order valence-corrected chi connectivity index (χ3v) is 3.03. The van der Waals surface area contributed by atoms with Crippen LogP contribution < -0.4 is 9.47 Å². The minimum Gasteiger partial charge on any atom is -0.454 e. The largest absolute Gasteiger partial charge is 0.454 e. The van der Waals surface area contributed by atoms with Gasteiger partial charge in [-0.05, 0) is 12.1 Å². The fourth-order valence-electron chi connectivity index (χ4n) is 2.17. The molecule has 1 N–H and O–H groups in total. The Morgan fingerprint density at radius 3 is 2.89 bits per heavy atom. The molecule has 5 heteroatoms. The maximum Gasteiger partial charge on any atom is 0.231 e. The van der Waals surface area contributed by atoms with Crippen molar-refractivity contribution in [2.24, 2.45) is 0 Å². The second-order valence-electron chi connectivity index (χ2n) is 4.05. The predicted octanol–water partition coefficient (Wildman–Crippen LogP) is 2.35. The maximum atomic E-state index is 5.40. The number of rotatable bonds is 1. The summed E-state index contributed by atoms with van der Waals surface area (Å²) in [6, 6.07) is 5.81. The number of nitrogens with zero attached hydrogens (tertiary/aromatic N) is 2. The molecule has 5 nitrogen and oxygen atoms in total. The van der Waals surface area contributed by atoms with Gasteiger partial charge in [-0.15, -0.1) is 0 Å². The molecule has 2 aromatic heterocycles. The van der Waals surface area contributed by atoms with Crippen LogP contribution in [0, 0.1) is 0 Å². The van der Waals surface area contributed by atoms with Gasteiger partial charge in [0.2, 0.25) is 6.79 Å². The molecule has 1 aliphatic heterocycles. The topological polar surface area (TPSA) is 60.0 Å². The molecule has 18 heavy (non-hydrogen) atoms. The van der Waals surface area contributed by atoms with E-state index in [9.17, 15) is 0 Å². The van der Waals surface area contributed by atoms with Crippen LogP contribution >= 0.6 is 0 Å². The first-order valence-electron chi connectivity index (χ1n) is 5.59. The highest BCUT2D eigenvalue weighted by Gasteiger charge is 2.17. The van der Waals surface area contributed by atoms with Crippen molar-refractivity contribution < 1.29 is 9.47 Å². The number of hydrogen-bond acceptors (Lipinski definition) is 4. The molecule has 0 bridgehead atoms. The third kappa shape index (κ3) is 1.27. The highest BCUT2D eigenvalue weighted by molar-refractivity contribution is 5.96. The van der Waals surface area contributed by atoms with E-state index in [0.29, 0.717) is 0 Å². The Balaban J connectivity index is 1.98. The SMILES string of the molecule is c1cc(-c2c[nH]c3cc4c(cc23)OCO4)ncn1. The number of ether oxygens (including phenoxy) is 2. The van der Waals surface area contributed by atoms with E-state index in [2.05, 4.69) is 15.0 Å². The Labute approximate surface area is 102 Å². The van der Waals surface area contributed by atoms with Gasteiger partial charge in [-0.1, -0.05) is 0 Å². The number of H-pyrrole nitrogens is 1. The first-order chi connectivity index (χ1) is 8.92. The second kappa shape index (κ2) is 3.46. The molecule has 1 aliphatic rings. The molecule has 1 aromatic carbocycles. The quantitative estimate of drug-likeness (QED) is 0.708. The first kappa shape index (κ1) is 9.47. The number of fused-ring (bicyclic) bond motifs is 2. The van der Waals surface area contributed by atoms with Crippen molar-refractivity contribution in [3.63, 3.8) is 0 Å². The maximum absolute atomic E-state index is 5.40. The van der Waals surface area contributed by atoms with E-state index in [1.807, 2.05) is 24.4 Å². The number of aromatic amines is 1. The average Bonchev–Trinajstić information content (AvgIpc) is 3.02. The first-order valence-corrected chi connectivity index (χ1v) is 5.59. The summed E-state index contributed by atoms with van der Waals surface area (Å²) in [6.45, 7) is 0.283. The summed E-state index contributed by atoms with van der Waals surface area (Å²) in [5, 5.41) is 1.07. The van der Waals surface area contributed by atoms with Gasteiger partial charge in [0.1, 0.15) is 6.33 Å². The molecule has 4 rings (SSSR count). The summed E-state index contributed by atoms with van der Waals surface area (Å²) in [6.07, 6.45) is 5.21. The van der Waals surface area contributed by atoms with E-state index < -0.39 is 0 Å². The Kier molecular flexibility index (Phi) is 1.82. The molecule has 0 radical (unpaired) electrons. The molecular formula is C13H9N3O2. The van der Waals surface area contributed by atoms with Crippen LogP contribution in [0.25, 0.3) is 22.2 Å². The van der Waals surface area contributed by atoms with Crippen molar-refractivity contribution >= 4 is 10.9 Å². The summed E-state index contributed by atoms with van der Waals surface area (Å²) >= 11 is 0. The van der Waals surface area contributed by atoms with Crippen LogP contribution in [-0.2, 0) is 0 Å². The van der Waals surface area contributed by atoms with Crippen molar-refractivity contribution in [1.82, 2.24) is 15.0 Å². The molecule has 0 amide bonds. The lowest BCUT2D eigenvalue weighted by atomic mass is 10.1. The van der Waals surface area contributed by atoms with Crippen LogP contribution in [-0.4, -0.2) is 21.7 Å². The lowest BCUT2D eigenvalue weighted by Gasteiger charge is -1.99. The fraction of sp³-hybridized carbons (Fsp3) is 0.0769. The van der Waals surface area contributed by atoms with Gasteiger partial charge in [-0.3, -0.25) is 0 Å². The normalized spacial score (nSPS) is 13.1. The second-order valence-corrected chi connectivity index (χ2v) is 4.05. The lowest BCUT2D eigenvalue weighted by molar-refractivity contribution is 0.174. The highest BCUT2D eigenvalue weighted by Crippen LogP contribution is 2.38. The molecule has 3 aromatic rings. The van der Waals surface area contributed by atoms with Crippen LogP contribution in [0.15, 0.2) is 36.9 Å². The number of nitrogens with one attached hydrogen (secondary N) is 1. The van der Waals surface area contributed by atoms with Gasteiger partial charge < -0.3 is 14.5 Å². The van der Waals surface area contributed by atoms with Crippen molar-refractivity contribution in [3.05, 3.63) is 36.9 Å². The van der Waals surface area contributed by atoms with Gasteiger partial charge in [-0.25, -0.2) is 9.97 Å². The smallest absolute Gasteiger partial charge is 0.231 e. The average molecular weight is 239 g/mol. The van der Waals surface area contributed by atoms with E-state index in [1.165, 1.54) is 0 Å². The summed E-state index contributed by atoms with van der Waals surface area (Å²) in [7, 11) is 0. The zero-order valence-electron chi connectivity index (χ0n) is 9.38. The minimum atomic E-state index is 0.283. The van der Waals surface area contributed by atoms with E-state index in [1.54, 1.807) is 12.5 Å². The third-order valence-electron chi connectivity index (χ3n) is 3.03. The Morgan fingerprint density at radius 1 is 1.17 bits per heavy atom.